The Labute approximate surface area is 185 Å². The van der Waals surface area contributed by atoms with Crippen molar-refractivity contribution in [2.24, 2.45) is 23.7 Å². The van der Waals surface area contributed by atoms with Crippen LogP contribution in [0.1, 0.15) is 56.9 Å². The summed E-state index contributed by atoms with van der Waals surface area (Å²) in [5.74, 6) is 2.36. The molecule has 1 aromatic rings. The number of carbonyl (C=O) groups is 2. The Morgan fingerprint density at radius 3 is 1.65 bits per heavy atom. The van der Waals surface area contributed by atoms with E-state index in [0.717, 1.165) is 68.4 Å². The summed E-state index contributed by atoms with van der Waals surface area (Å²) in [6.07, 6.45) is 7.38. The molecule has 2 aliphatic rings. The minimum Gasteiger partial charge on any atom is -0.489 e. The minimum absolute atomic E-state index is 0.0355. The number of rotatable bonds is 8. The van der Waals surface area contributed by atoms with Crippen molar-refractivity contribution in [2.75, 3.05) is 27.4 Å². The number of aryl methyl sites for hydroxylation is 1. The van der Waals surface area contributed by atoms with Crippen LogP contribution in [-0.2, 0) is 19.1 Å². The summed E-state index contributed by atoms with van der Waals surface area (Å²) in [4.78, 5) is 23.4. The molecule has 0 atom stereocenters. The SMILES string of the molecule is COC(=O)C1CCC(COc2ccc(C)cc2OCC2CCC(C(=O)OC)CC2)CC1. The van der Waals surface area contributed by atoms with Crippen molar-refractivity contribution in [3.05, 3.63) is 23.8 Å². The monoisotopic (exact) mass is 432 g/mol. The second-order valence-electron chi connectivity index (χ2n) is 9.05. The molecule has 0 radical (unpaired) electrons. The number of hydrogen-bond acceptors (Lipinski definition) is 6. The van der Waals surface area contributed by atoms with Crippen LogP contribution in [0.3, 0.4) is 0 Å². The fourth-order valence-electron chi connectivity index (χ4n) is 4.73. The Bertz CT molecular complexity index is 730. The molecule has 31 heavy (non-hydrogen) atoms. The van der Waals surface area contributed by atoms with E-state index in [2.05, 4.69) is 0 Å². The Morgan fingerprint density at radius 2 is 1.19 bits per heavy atom. The average molecular weight is 433 g/mol. The second kappa shape index (κ2) is 11.4. The lowest BCUT2D eigenvalue weighted by Crippen LogP contribution is -2.26. The smallest absolute Gasteiger partial charge is 0.308 e. The minimum atomic E-state index is -0.0887. The number of hydrogen-bond donors (Lipinski definition) is 0. The zero-order valence-corrected chi connectivity index (χ0v) is 19.1. The van der Waals surface area contributed by atoms with Gasteiger partial charge in [-0.3, -0.25) is 9.59 Å². The van der Waals surface area contributed by atoms with Crippen LogP contribution in [0, 0.1) is 30.6 Å². The Kier molecular flexibility index (Phi) is 8.61. The maximum absolute atomic E-state index is 11.7. The van der Waals surface area contributed by atoms with Gasteiger partial charge in [0.25, 0.3) is 0 Å². The third-order valence-corrected chi connectivity index (χ3v) is 6.81. The second-order valence-corrected chi connectivity index (χ2v) is 9.05. The molecule has 0 N–H and O–H groups in total. The molecule has 0 bridgehead atoms. The lowest BCUT2D eigenvalue weighted by molar-refractivity contribution is -0.147. The van der Waals surface area contributed by atoms with Crippen LogP contribution in [0.15, 0.2) is 18.2 Å². The van der Waals surface area contributed by atoms with E-state index in [4.69, 9.17) is 18.9 Å². The molecular formula is C25H36O6. The van der Waals surface area contributed by atoms with E-state index < -0.39 is 0 Å². The predicted molar refractivity (Wildman–Crippen MR) is 117 cm³/mol. The highest BCUT2D eigenvalue weighted by Crippen LogP contribution is 2.35. The Hall–Kier alpha value is -2.24. The van der Waals surface area contributed by atoms with E-state index in [9.17, 15) is 9.59 Å². The first-order valence-corrected chi connectivity index (χ1v) is 11.5. The molecule has 0 heterocycles. The summed E-state index contributed by atoms with van der Waals surface area (Å²) < 4.78 is 22.1. The van der Waals surface area contributed by atoms with Gasteiger partial charge in [0.1, 0.15) is 0 Å². The fraction of sp³-hybridized carbons (Fsp3) is 0.680. The summed E-state index contributed by atoms with van der Waals surface area (Å²) in [5.41, 5.74) is 1.13. The van der Waals surface area contributed by atoms with Crippen molar-refractivity contribution >= 4 is 11.9 Å². The molecule has 0 aliphatic heterocycles. The first-order valence-electron chi connectivity index (χ1n) is 11.5. The Morgan fingerprint density at radius 1 is 0.742 bits per heavy atom. The molecule has 0 unspecified atom stereocenters. The highest BCUT2D eigenvalue weighted by molar-refractivity contribution is 5.72. The van der Waals surface area contributed by atoms with Gasteiger partial charge in [0.05, 0.1) is 39.3 Å². The van der Waals surface area contributed by atoms with Gasteiger partial charge in [-0.1, -0.05) is 6.07 Å². The lowest BCUT2D eigenvalue weighted by atomic mass is 9.82. The maximum Gasteiger partial charge on any atom is 0.308 e. The van der Waals surface area contributed by atoms with Crippen molar-refractivity contribution in [1.82, 2.24) is 0 Å². The van der Waals surface area contributed by atoms with E-state index in [1.807, 2.05) is 25.1 Å². The van der Waals surface area contributed by atoms with Crippen molar-refractivity contribution in [1.29, 1.82) is 0 Å². The van der Waals surface area contributed by atoms with Crippen molar-refractivity contribution < 1.29 is 28.5 Å². The van der Waals surface area contributed by atoms with Gasteiger partial charge in [0.15, 0.2) is 11.5 Å². The first-order chi connectivity index (χ1) is 15.0. The number of carbonyl (C=O) groups excluding carboxylic acids is 2. The van der Waals surface area contributed by atoms with E-state index in [1.54, 1.807) is 0 Å². The quantitative estimate of drug-likeness (QED) is 0.554. The molecule has 0 saturated heterocycles. The number of methoxy groups -OCH3 is 2. The Balaban J connectivity index is 1.47. The summed E-state index contributed by atoms with van der Waals surface area (Å²) in [6.45, 7) is 3.32. The zero-order valence-electron chi connectivity index (χ0n) is 19.1. The van der Waals surface area contributed by atoms with Crippen molar-refractivity contribution in [2.45, 2.75) is 58.3 Å². The van der Waals surface area contributed by atoms with Gasteiger partial charge in [0, 0.05) is 0 Å². The number of esters is 2. The van der Waals surface area contributed by atoms with Crippen LogP contribution in [0.2, 0.25) is 0 Å². The van der Waals surface area contributed by atoms with Crippen LogP contribution < -0.4 is 9.47 Å². The summed E-state index contributed by atoms with van der Waals surface area (Å²) in [6, 6.07) is 6.06. The van der Waals surface area contributed by atoms with Gasteiger partial charge in [-0.2, -0.15) is 0 Å². The molecule has 2 saturated carbocycles. The van der Waals surface area contributed by atoms with Gasteiger partial charge in [-0.05, 0) is 87.8 Å². The van der Waals surface area contributed by atoms with Gasteiger partial charge >= 0.3 is 11.9 Å². The molecule has 3 rings (SSSR count). The van der Waals surface area contributed by atoms with E-state index in [0.29, 0.717) is 25.0 Å². The predicted octanol–water partition coefficient (Wildman–Crippen LogP) is 4.71. The average Bonchev–Trinajstić information content (AvgIpc) is 2.81. The van der Waals surface area contributed by atoms with Gasteiger partial charge in [-0.15, -0.1) is 0 Å². The number of benzene rings is 1. The zero-order chi connectivity index (χ0) is 22.2. The maximum atomic E-state index is 11.7. The molecule has 2 fully saturated rings. The molecule has 6 heteroatoms. The molecular weight excluding hydrogens is 396 g/mol. The van der Waals surface area contributed by atoms with E-state index in [-0.39, 0.29) is 23.8 Å². The molecule has 172 valence electrons. The molecule has 2 aliphatic carbocycles. The number of ether oxygens (including phenoxy) is 4. The van der Waals surface area contributed by atoms with Crippen molar-refractivity contribution in [3.63, 3.8) is 0 Å². The van der Waals surface area contributed by atoms with Crippen molar-refractivity contribution in [3.8, 4) is 11.5 Å². The third kappa shape index (κ3) is 6.62. The first kappa shape index (κ1) is 23.4. The standard InChI is InChI=1S/C25H36O6/c1-17-4-13-22(30-15-18-5-9-20(10-6-18)24(26)28-2)23(14-17)31-16-19-7-11-21(12-8-19)25(27)29-3/h4,13-14,18-21H,5-12,15-16H2,1-3H3. The van der Waals surface area contributed by atoms with E-state index >= 15 is 0 Å². The van der Waals surface area contributed by atoms with Gasteiger partial charge < -0.3 is 18.9 Å². The summed E-state index contributed by atoms with van der Waals surface area (Å²) >= 11 is 0. The van der Waals surface area contributed by atoms with Crippen LogP contribution in [0.4, 0.5) is 0 Å². The summed E-state index contributed by atoms with van der Waals surface area (Å²) in [5, 5.41) is 0. The lowest BCUT2D eigenvalue weighted by Gasteiger charge is -2.28. The molecule has 6 nitrogen and oxygen atoms in total. The molecule has 0 aromatic heterocycles. The normalized spacial score (nSPS) is 26.0. The van der Waals surface area contributed by atoms with Crippen LogP contribution in [0.25, 0.3) is 0 Å². The van der Waals surface area contributed by atoms with Gasteiger partial charge in [0.2, 0.25) is 0 Å². The summed E-state index contributed by atoms with van der Waals surface area (Å²) in [7, 11) is 2.92. The highest BCUT2D eigenvalue weighted by Gasteiger charge is 2.28. The van der Waals surface area contributed by atoms with Crippen LogP contribution in [0.5, 0.6) is 11.5 Å². The topological polar surface area (TPSA) is 71.1 Å². The molecule has 0 amide bonds. The van der Waals surface area contributed by atoms with Gasteiger partial charge in [-0.25, -0.2) is 0 Å². The molecule has 0 spiro atoms. The van der Waals surface area contributed by atoms with E-state index in [1.165, 1.54) is 14.2 Å². The highest BCUT2D eigenvalue weighted by atomic mass is 16.5. The third-order valence-electron chi connectivity index (χ3n) is 6.81. The van der Waals surface area contributed by atoms with Crippen LogP contribution >= 0.6 is 0 Å². The fourth-order valence-corrected chi connectivity index (χ4v) is 4.73. The molecule has 1 aromatic carbocycles. The van der Waals surface area contributed by atoms with Crippen LogP contribution in [-0.4, -0.2) is 39.4 Å². The largest absolute Gasteiger partial charge is 0.489 e.